The highest BCUT2D eigenvalue weighted by Crippen LogP contribution is 2.32. The molecule has 0 aliphatic carbocycles. The first-order valence-electron chi connectivity index (χ1n) is 12.1. The highest BCUT2D eigenvalue weighted by molar-refractivity contribution is 5.90. The lowest BCUT2D eigenvalue weighted by atomic mass is 10.0. The zero-order valence-electron chi connectivity index (χ0n) is 20.3. The Bertz CT molecular complexity index is 1480. The molecule has 3 N–H and O–H groups in total. The van der Waals surface area contributed by atoms with Gasteiger partial charge in [-0.25, -0.2) is 4.98 Å². The number of anilines is 3. The summed E-state index contributed by atoms with van der Waals surface area (Å²) in [4.78, 5) is 11.1. The first kappa shape index (κ1) is 23.5. The Morgan fingerprint density at radius 1 is 1.22 bits per heavy atom. The summed E-state index contributed by atoms with van der Waals surface area (Å²) in [6.07, 6.45) is 5.02. The number of imidazole rings is 1. The summed E-state index contributed by atoms with van der Waals surface area (Å²) in [5, 5.41) is 40.6. The van der Waals surface area contributed by atoms with E-state index in [9.17, 15) is 15.6 Å². The van der Waals surface area contributed by atoms with Gasteiger partial charge in [0, 0.05) is 55.0 Å². The monoisotopic (exact) mass is 484 g/mol. The zero-order valence-corrected chi connectivity index (χ0v) is 20.3. The molecule has 184 valence electrons. The van der Waals surface area contributed by atoms with Crippen LogP contribution in [0.2, 0.25) is 0 Å². The number of nitrogens with one attached hydrogen (secondary N) is 2. The van der Waals surface area contributed by atoms with Crippen molar-refractivity contribution in [2.75, 3.05) is 36.8 Å². The normalized spacial score (nSPS) is 15.6. The Morgan fingerprint density at radius 3 is 2.72 bits per heavy atom. The van der Waals surface area contributed by atoms with Crippen molar-refractivity contribution in [2.45, 2.75) is 38.8 Å². The quantitative estimate of drug-likeness (QED) is 0.360. The molecule has 1 atom stereocenters. The second-order valence-electron chi connectivity index (χ2n) is 9.10. The molecular weight excluding hydrogens is 456 g/mol. The van der Waals surface area contributed by atoms with Gasteiger partial charge in [0.25, 0.3) is 0 Å². The molecular formula is C25H28N10O. The number of likely N-dealkylation sites (tertiary alicyclic amines) is 1. The first-order chi connectivity index (χ1) is 17.5. The van der Waals surface area contributed by atoms with Gasteiger partial charge in [-0.05, 0) is 44.9 Å². The van der Waals surface area contributed by atoms with Gasteiger partial charge < -0.3 is 25.2 Å². The van der Waals surface area contributed by atoms with Crippen molar-refractivity contribution >= 4 is 34.0 Å². The number of nitriles is 2. The van der Waals surface area contributed by atoms with Crippen LogP contribution in [0.15, 0.2) is 30.6 Å². The Morgan fingerprint density at radius 2 is 2.03 bits per heavy atom. The Hall–Kier alpha value is -4.19. The van der Waals surface area contributed by atoms with E-state index in [1.807, 2.05) is 38.2 Å². The molecule has 1 aliphatic rings. The molecule has 11 heteroatoms. The Kier molecular flexibility index (Phi) is 6.42. The molecule has 0 unspecified atom stereocenters. The fraction of sp³-hybridized carbons (Fsp3) is 0.400. The summed E-state index contributed by atoms with van der Waals surface area (Å²) in [7, 11) is 0. The summed E-state index contributed by atoms with van der Waals surface area (Å²) in [5.74, 6) is 0.846. The molecule has 3 aromatic heterocycles. The fourth-order valence-electron chi connectivity index (χ4n) is 4.90. The van der Waals surface area contributed by atoms with Crippen molar-refractivity contribution in [3.8, 4) is 12.1 Å². The molecule has 1 aromatic carbocycles. The predicted molar refractivity (Wildman–Crippen MR) is 136 cm³/mol. The van der Waals surface area contributed by atoms with Gasteiger partial charge in [0.05, 0.1) is 17.9 Å². The number of rotatable bonds is 7. The van der Waals surface area contributed by atoms with Crippen LogP contribution in [0.5, 0.6) is 0 Å². The number of piperidine rings is 1. The standard InChI is InChI=1S/C25H28N10O/c1-3-28-23-24-29-13-20(12-27)35(24)32-25(31-23)30-18-4-5-22-21(10-18)17(11-26)15-34(22)19-6-8-33(9-7-19)14-16(2)36/h4-5,10,13,15-16,19,36H,3,6-9,14H2,1-2H3,(H2,28,30,31,32)/t16-/m1/s1. The van der Waals surface area contributed by atoms with Crippen LogP contribution >= 0.6 is 0 Å². The van der Waals surface area contributed by atoms with Gasteiger partial charge in [0.1, 0.15) is 12.1 Å². The zero-order chi connectivity index (χ0) is 25.2. The van der Waals surface area contributed by atoms with Crippen molar-refractivity contribution in [1.29, 1.82) is 10.5 Å². The van der Waals surface area contributed by atoms with E-state index in [1.165, 1.54) is 10.7 Å². The van der Waals surface area contributed by atoms with E-state index < -0.39 is 0 Å². The molecule has 4 aromatic rings. The van der Waals surface area contributed by atoms with Gasteiger partial charge in [-0.1, -0.05) is 0 Å². The smallest absolute Gasteiger partial charge is 0.247 e. The summed E-state index contributed by atoms with van der Waals surface area (Å²) < 4.78 is 3.68. The largest absolute Gasteiger partial charge is 0.392 e. The van der Waals surface area contributed by atoms with E-state index in [2.05, 4.69) is 47.3 Å². The lowest BCUT2D eigenvalue weighted by Gasteiger charge is -2.33. The molecule has 0 radical (unpaired) electrons. The van der Waals surface area contributed by atoms with E-state index in [0.29, 0.717) is 47.8 Å². The SMILES string of the molecule is CCNc1nc(Nc2ccc3c(c2)c(C#N)cn3C2CCN(C[C@@H](C)O)CC2)nn2c(C#N)cnc12. The molecule has 11 nitrogen and oxygen atoms in total. The third-order valence-corrected chi connectivity index (χ3v) is 6.50. The summed E-state index contributed by atoms with van der Waals surface area (Å²) in [6.45, 7) is 6.95. The van der Waals surface area contributed by atoms with Gasteiger partial charge in [-0.3, -0.25) is 0 Å². The summed E-state index contributed by atoms with van der Waals surface area (Å²) in [6, 6.07) is 10.6. The number of aliphatic hydroxyl groups excluding tert-OH is 1. The molecule has 1 aliphatic heterocycles. The Labute approximate surface area is 208 Å². The predicted octanol–water partition coefficient (Wildman–Crippen LogP) is 3.02. The highest BCUT2D eigenvalue weighted by atomic mass is 16.3. The highest BCUT2D eigenvalue weighted by Gasteiger charge is 2.23. The minimum atomic E-state index is -0.330. The maximum absolute atomic E-state index is 9.82. The topological polar surface area (TPSA) is 143 Å². The van der Waals surface area contributed by atoms with E-state index >= 15 is 0 Å². The number of aromatic nitrogens is 5. The number of aliphatic hydroxyl groups is 1. The average Bonchev–Trinajstić information content (AvgIpc) is 3.45. The van der Waals surface area contributed by atoms with E-state index in [-0.39, 0.29) is 6.10 Å². The molecule has 1 fully saturated rings. The second-order valence-corrected chi connectivity index (χ2v) is 9.10. The van der Waals surface area contributed by atoms with E-state index in [4.69, 9.17) is 0 Å². The van der Waals surface area contributed by atoms with Gasteiger partial charge in [-0.2, -0.15) is 20.0 Å². The van der Waals surface area contributed by atoms with Crippen molar-refractivity contribution in [2.24, 2.45) is 0 Å². The van der Waals surface area contributed by atoms with Crippen molar-refractivity contribution in [1.82, 2.24) is 29.0 Å². The van der Waals surface area contributed by atoms with Gasteiger partial charge >= 0.3 is 0 Å². The molecule has 36 heavy (non-hydrogen) atoms. The minimum Gasteiger partial charge on any atom is -0.392 e. The second kappa shape index (κ2) is 9.82. The van der Waals surface area contributed by atoms with Crippen LogP contribution in [0.3, 0.4) is 0 Å². The Balaban J connectivity index is 1.44. The summed E-state index contributed by atoms with van der Waals surface area (Å²) >= 11 is 0. The lowest BCUT2D eigenvalue weighted by Crippen LogP contribution is -2.38. The number of benzene rings is 1. The van der Waals surface area contributed by atoms with Crippen LogP contribution in [0.1, 0.15) is 44.0 Å². The number of nitrogens with zero attached hydrogens (tertiary/aromatic N) is 8. The molecule has 5 rings (SSSR count). The molecule has 0 spiro atoms. The molecule has 0 bridgehead atoms. The van der Waals surface area contributed by atoms with Gasteiger partial charge in [0.15, 0.2) is 17.2 Å². The van der Waals surface area contributed by atoms with Gasteiger partial charge in [0.2, 0.25) is 5.95 Å². The summed E-state index contributed by atoms with van der Waals surface area (Å²) in [5.41, 5.74) is 3.17. The van der Waals surface area contributed by atoms with Crippen LogP contribution in [-0.2, 0) is 0 Å². The number of hydrogen-bond acceptors (Lipinski definition) is 9. The van der Waals surface area contributed by atoms with Crippen LogP contribution in [0, 0.1) is 22.7 Å². The van der Waals surface area contributed by atoms with Crippen molar-refractivity contribution in [3.63, 3.8) is 0 Å². The maximum Gasteiger partial charge on any atom is 0.247 e. The van der Waals surface area contributed by atoms with E-state index in [1.54, 1.807) is 0 Å². The lowest BCUT2D eigenvalue weighted by molar-refractivity contribution is 0.102. The first-order valence-corrected chi connectivity index (χ1v) is 12.1. The third-order valence-electron chi connectivity index (χ3n) is 6.50. The maximum atomic E-state index is 9.82. The molecule has 0 saturated carbocycles. The number of β-amino-alcohol motifs (C(OH)–C–C–N with tert-alkyl or cyclic N) is 1. The van der Waals surface area contributed by atoms with Crippen LogP contribution in [-0.4, -0.2) is 66.4 Å². The van der Waals surface area contributed by atoms with Crippen LogP contribution < -0.4 is 10.6 Å². The van der Waals surface area contributed by atoms with Crippen LogP contribution in [0.4, 0.5) is 17.5 Å². The van der Waals surface area contributed by atoms with E-state index in [0.717, 1.165) is 42.5 Å². The van der Waals surface area contributed by atoms with Crippen molar-refractivity contribution < 1.29 is 5.11 Å². The minimum absolute atomic E-state index is 0.303. The number of hydrogen-bond donors (Lipinski definition) is 3. The molecule has 4 heterocycles. The van der Waals surface area contributed by atoms with Crippen molar-refractivity contribution in [3.05, 3.63) is 41.9 Å². The molecule has 0 amide bonds. The van der Waals surface area contributed by atoms with Gasteiger partial charge in [-0.15, -0.1) is 5.10 Å². The average molecular weight is 485 g/mol. The third kappa shape index (κ3) is 4.42. The fourth-order valence-corrected chi connectivity index (χ4v) is 4.90. The number of fused-ring (bicyclic) bond motifs is 2. The molecule has 1 saturated heterocycles. The van der Waals surface area contributed by atoms with Crippen LogP contribution in [0.25, 0.3) is 16.6 Å².